The molecule has 0 saturated carbocycles. The third-order valence-corrected chi connectivity index (χ3v) is 4.40. The van der Waals surface area contributed by atoms with Crippen molar-refractivity contribution in [1.82, 2.24) is 9.78 Å². The van der Waals surface area contributed by atoms with Crippen molar-refractivity contribution in [1.29, 1.82) is 0 Å². The maximum absolute atomic E-state index is 10.4. The lowest BCUT2D eigenvalue weighted by molar-refractivity contribution is 0.174. The molecule has 1 aromatic carbocycles. The molecule has 2 rings (SSSR count). The summed E-state index contributed by atoms with van der Waals surface area (Å²) in [6, 6.07) is 8.04. The molecule has 102 valence electrons. The monoisotopic (exact) mass is 434 g/mol. The van der Waals surface area contributed by atoms with Gasteiger partial charge in [-0.25, -0.2) is 0 Å². The van der Waals surface area contributed by atoms with E-state index in [9.17, 15) is 5.11 Å². The first-order chi connectivity index (χ1) is 9.01. The SMILES string of the molecule is CCn1nc(C)cc1CC(O)c1cc(I)ccc1Br. The van der Waals surface area contributed by atoms with Crippen LogP contribution in [0.15, 0.2) is 28.7 Å². The molecule has 3 nitrogen and oxygen atoms in total. The van der Waals surface area contributed by atoms with Crippen LogP contribution in [0.3, 0.4) is 0 Å². The molecule has 0 fully saturated rings. The third-order valence-electron chi connectivity index (χ3n) is 3.00. The number of hydrogen-bond donors (Lipinski definition) is 1. The van der Waals surface area contributed by atoms with Gasteiger partial charge in [0.25, 0.3) is 0 Å². The van der Waals surface area contributed by atoms with E-state index in [1.54, 1.807) is 0 Å². The van der Waals surface area contributed by atoms with E-state index in [0.717, 1.165) is 31.5 Å². The van der Waals surface area contributed by atoms with E-state index < -0.39 is 6.10 Å². The number of halogens is 2. The Morgan fingerprint density at radius 3 is 2.84 bits per heavy atom. The molecule has 0 aliphatic carbocycles. The van der Waals surface area contributed by atoms with Crippen molar-refractivity contribution in [3.8, 4) is 0 Å². The van der Waals surface area contributed by atoms with Crippen LogP contribution in [0, 0.1) is 10.5 Å². The third kappa shape index (κ3) is 3.58. The predicted molar refractivity (Wildman–Crippen MR) is 88.2 cm³/mol. The molecule has 0 aliphatic rings. The predicted octanol–water partition coefficient (Wildman–Crippen LogP) is 3.85. The van der Waals surface area contributed by atoms with Gasteiger partial charge < -0.3 is 5.11 Å². The molecular weight excluding hydrogens is 419 g/mol. The molecule has 0 spiro atoms. The molecule has 0 radical (unpaired) electrons. The fourth-order valence-electron chi connectivity index (χ4n) is 2.12. The first-order valence-corrected chi connectivity index (χ1v) is 8.04. The summed E-state index contributed by atoms with van der Waals surface area (Å²) in [7, 11) is 0. The first-order valence-electron chi connectivity index (χ1n) is 6.17. The lowest BCUT2D eigenvalue weighted by atomic mass is 10.0. The zero-order chi connectivity index (χ0) is 14.0. The molecule has 1 aromatic heterocycles. The molecule has 0 bridgehead atoms. The van der Waals surface area contributed by atoms with Gasteiger partial charge in [-0.05, 0) is 66.3 Å². The molecule has 2 aromatic rings. The molecular formula is C14H16BrIN2O. The van der Waals surface area contributed by atoms with E-state index in [1.807, 2.05) is 35.9 Å². The molecule has 19 heavy (non-hydrogen) atoms. The average molecular weight is 435 g/mol. The number of nitrogens with zero attached hydrogens (tertiary/aromatic N) is 2. The Balaban J connectivity index is 2.25. The van der Waals surface area contributed by atoms with E-state index in [4.69, 9.17) is 0 Å². The maximum atomic E-state index is 10.4. The van der Waals surface area contributed by atoms with Crippen LogP contribution in [0.4, 0.5) is 0 Å². The van der Waals surface area contributed by atoms with Gasteiger partial charge in [-0.3, -0.25) is 4.68 Å². The zero-order valence-corrected chi connectivity index (χ0v) is 14.6. The van der Waals surface area contributed by atoms with Crippen LogP contribution in [0.5, 0.6) is 0 Å². The Morgan fingerprint density at radius 2 is 2.16 bits per heavy atom. The van der Waals surface area contributed by atoms with Gasteiger partial charge in [0.15, 0.2) is 0 Å². The molecule has 0 aliphatic heterocycles. The van der Waals surface area contributed by atoms with E-state index >= 15 is 0 Å². The van der Waals surface area contributed by atoms with Gasteiger partial charge >= 0.3 is 0 Å². The van der Waals surface area contributed by atoms with E-state index in [2.05, 4.69) is 50.5 Å². The Kier molecular flexibility index (Phi) is 5.03. The van der Waals surface area contributed by atoms with Gasteiger partial charge in [0.05, 0.1) is 11.8 Å². The Morgan fingerprint density at radius 1 is 1.42 bits per heavy atom. The quantitative estimate of drug-likeness (QED) is 0.742. The summed E-state index contributed by atoms with van der Waals surface area (Å²) in [5.74, 6) is 0. The van der Waals surface area contributed by atoms with Crippen LogP contribution >= 0.6 is 38.5 Å². The van der Waals surface area contributed by atoms with Crippen LogP contribution in [-0.2, 0) is 13.0 Å². The molecule has 1 N–H and O–H groups in total. The lowest BCUT2D eigenvalue weighted by Gasteiger charge is -2.14. The first kappa shape index (κ1) is 15.0. The smallest absolute Gasteiger partial charge is 0.0856 e. The summed E-state index contributed by atoms with van der Waals surface area (Å²) in [5, 5.41) is 14.8. The highest BCUT2D eigenvalue weighted by molar-refractivity contribution is 14.1. The number of aromatic nitrogens is 2. The second-order valence-corrected chi connectivity index (χ2v) is 6.58. The average Bonchev–Trinajstić information content (AvgIpc) is 2.72. The van der Waals surface area contributed by atoms with Gasteiger partial charge in [0.2, 0.25) is 0 Å². The van der Waals surface area contributed by atoms with E-state index in [1.165, 1.54) is 0 Å². The molecule has 0 saturated heterocycles. The maximum Gasteiger partial charge on any atom is 0.0856 e. The van der Waals surface area contributed by atoms with Crippen molar-refractivity contribution in [2.75, 3.05) is 0 Å². The number of aliphatic hydroxyl groups excluding tert-OH is 1. The van der Waals surface area contributed by atoms with Gasteiger partial charge in [-0.1, -0.05) is 15.9 Å². The summed E-state index contributed by atoms with van der Waals surface area (Å²) in [5.41, 5.74) is 2.98. The van der Waals surface area contributed by atoms with Crippen molar-refractivity contribution in [2.45, 2.75) is 32.9 Å². The van der Waals surface area contributed by atoms with Crippen molar-refractivity contribution >= 4 is 38.5 Å². The molecule has 1 unspecified atom stereocenters. The Bertz CT molecular complexity index is 583. The summed E-state index contributed by atoms with van der Waals surface area (Å²) in [6.07, 6.45) is 0.0541. The van der Waals surface area contributed by atoms with Gasteiger partial charge in [0.1, 0.15) is 0 Å². The minimum atomic E-state index is -0.523. The van der Waals surface area contributed by atoms with Crippen LogP contribution < -0.4 is 0 Å². The minimum absolute atomic E-state index is 0.523. The van der Waals surface area contributed by atoms with Crippen molar-refractivity contribution in [2.24, 2.45) is 0 Å². The lowest BCUT2D eigenvalue weighted by Crippen LogP contribution is -2.09. The van der Waals surface area contributed by atoms with Crippen molar-refractivity contribution < 1.29 is 5.11 Å². The second kappa shape index (κ2) is 6.37. The van der Waals surface area contributed by atoms with E-state index in [-0.39, 0.29) is 0 Å². The molecule has 1 atom stereocenters. The standard InChI is InChI=1S/C14H16BrIN2O/c1-3-18-11(6-9(2)17-18)8-14(19)12-7-10(16)4-5-13(12)15/h4-7,14,19H,3,8H2,1-2H3. The number of rotatable bonds is 4. The Hall–Kier alpha value is -0.400. The van der Waals surface area contributed by atoms with E-state index in [0.29, 0.717) is 6.42 Å². The Labute approximate surface area is 135 Å². The fourth-order valence-corrected chi connectivity index (χ4v) is 3.14. The van der Waals surface area contributed by atoms with Crippen LogP contribution in [0.1, 0.15) is 30.0 Å². The molecule has 1 heterocycles. The summed E-state index contributed by atoms with van der Waals surface area (Å²) < 4.78 is 4.01. The van der Waals surface area contributed by atoms with Gasteiger partial charge in [0, 0.05) is 26.7 Å². The van der Waals surface area contributed by atoms with Crippen LogP contribution in [0.25, 0.3) is 0 Å². The van der Waals surface area contributed by atoms with Crippen LogP contribution in [-0.4, -0.2) is 14.9 Å². The summed E-state index contributed by atoms with van der Waals surface area (Å²) in [6.45, 7) is 4.86. The summed E-state index contributed by atoms with van der Waals surface area (Å²) >= 11 is 5.75. The fraction of sp³-hybridized carbons (Fsp3) is 0.357. The van der Waals surface area contributed by atoms with Gasteiger partial charge in [-0.2, -0.15) is 5.10 Å². The number of hydrogen-bond acceptors (Lipinski definition) is 2. The molecule has 5 heteroatoms. The second-order valence-electron chi connectivity index (χ2n) is 4.48. The van der Waals surface area contributed by atoms with Gasteiger partial charge in [-0.15, -0.1) is 0 Å². The minimum Gasteiger partial charge on any atom is -0.388 e. The van der Waals surface area contributed by atoms with Crippen LogP contribution in [0.2, 0.25) is 0 Å². The normalized spacial score (nSPS) is 12.7. The van der Waals surface area contributed by atoms with Crippen molar-refractivity contribution in [3.05, 3.63) is 49.3 Å². The topological polar surface area (TPSA) is 38.0 Å². The number of aliphatic hydroxyl groups is 1. The van der Waals surface area contributed by atoms with Crippen molar-refractivity contribution in [3.63, 3.8) is 0 Å². The highest BCUT2D eigenvalue weighted by Crippen LogP contribution is 2.28. The number of aryl methyl sites for hydroxylation is 2. The highest BCUT2D eigenvalue weighted by atomic mass is 127. The summed E-state index contributed by atoms with van der Waals surface area (Å²) in [4.78, 5) is 0. The zero-order valence-electron chi connectivity index (χ0n) is 10.9. The molecule has 0 amide bonds. The largest absolute Gasteiger partial charge is 0.388 e. The number of benzene rings is 1. The highest BCUT2D eigenvalue weighted by Gasteiger charge is 2.15.